The van der Waals surface area contributed by atoms with Gasteiger partial charge in [-0.3, -0.25) is 14.5 Å². The molecule has 1 atom stereocenters. The molecule has 1 aromatic carbocycles. The second-order valence-corrected chi connectivity index (χ2v) is 6.70. The van der Waals surface area contributed by atoms with E-state index in [2.05, 4.69) is 5.32 Å². The number of anilines is 2. The Hall–Kier alpha value is -1.84. The van der Waals surface area contributed by atoms with Crippen LogP contribution in [0.3, 0.4) is 0 Å². The van der Waals surface area contributed by atoms with Crippen LogP contribution < -0.4 is 10.2 Å². The number of hydrogen-bond acceptors (Lipinski definition) is 3. The molecule has 0 saturated heterocycles. The zero-order valence-corrected chi connectivity index (χ0v) is 13.4. The van der Waals surface area contributed by atoms with E-state index >= 15 is 0 Å². The van der Waals surface area contributed by atoms with Crippen LogP contribution in [0.15, 0.2) is 24.3 Å². The molecule has 1 aliphatic heterocycles. The molecular weight excluding hydrogens is 276 g/mol. The average Bonchev–Trinajstić information content (AvgIpc) is 2.54. The number of para-hydroxylation sites is 2. The number of carbonyl (C=O) groups is 2. The number of nitrogens with one attached hydrogen (secondary N) is 1. The number of Topliss-reactive ketones (excluding diaryl/α,β-unsaturated/α-hetero) is 1. The van der Waals surface area contributed by atoms with Crippen molar-refractivity contribution >= 4 is 23.1 Å². The number of benzene rings is 1. The van der Waals surface area contributed by atoms with Crippen LogP contribution in [0, 0.1) is 5.92 Å². The normalized spacial score (nSPS) is 25.3. The molecule has 0 radical (unpaired) electrons. The first-order valence-electron chi connectivity index (χ1n) is 8.22. The second-order valence-electron chi connectivity index (χ2n) is 6.70. The van der Waals surface area contributed by atoms with Crippen LogP contribution >= 0.6 is 0 Å². The molecule has 1 amide bonds. The second kappa shape index (κ2) is 5.75. The van der Waals surface area contributed by atoms with E-state index in [1.165, 1.54) is 6.42 Å². The lowest BCUT2D eigenvalue weighted by Crippen LogP contribution is -2.62. The van der Waals surface area contributed by atoms with Gasteiger partial charge in [-0.2, -0.15) is 0 Å². The highest BCUT2D eigenvalue weighted by molar-refractivity contribution is 6.07. The molecule has 22 heavy (non-hydrogen) atoms. The summed E-state index contributed by atoms with van der Waals surface area (Å²) in [5.41, 5.74) is 0.946. The van der Waals surface area contributed by atoms with E-state index in [4.69, 9.17) is 0 Å². The van der Waals surface area contributed by atoms with Crippen molar-refractivity contribution < 1.29 is 9.59 Å². The number of carbonyl (C=O) groups excluding carboxylic acids is 2. The molecule has 3 rings (SSSR count). The van der Waals surface area contributed by atoms with Crippen LogP contribution in [0.25, 0.3) is 0 Å². The minimum absolute atomic E-state index is 0.0689. The summed E-state index contributed by atoms with van der Waals surface area (Å²) in [5.74, 6) is 0.234. The van der Waals surface area contributed by atoms with Gasteiger partial charge in [0.05, 0.1) is 11.4 Å². The SMILES string of the molecule is CC(=O)N1c2ccccc2NC[C@@]1(C)C(=O)C1CCCCC1. The molecular formula is C18H24N2O2. The van der Waals surface area contributed by atoms with Crippen molar-refractivity contribution in [1.29, 1.82) is 0 Å². The van der Waals surface area contributed by atoms with E-state index in [0.717, 1.165) is 37.1 Å². The fourth-order valence-corrected chi connectivity index (χ4v) is 3.95. The summed E-state index contributed by atoms with van der Waals surface area (Å²) in [6.07, 6.45) is 5.38. The van der Waals surface area contributed by atoms with Gasteiger partial charge in [-0.25, -0.2) is 0 Å². The van der Waals surface area contributed by atoms with Crippen molar-refractivity contribution in [3.63, 3.8) is 0 Å². The zero-order chi connectivity index (χ0) is 15.7. The summed E-state index contributed by atoms with van der Waals surface area (Å²) >= 11 is 0. The van der Waals surface area contributed by atoms with Crippen molar-refractivity contribution in [3.8, 4) is 0 Å². The zero-order valence-electron chi connectivity index (χ0n) is 13.4. The topological polar surface area (TPSA) is 49.4 Å². The molecule has 4 nitrogen and oxygen atoms in total. The first-order chi connectivity index (χ1) is 10.5. The lowest BCUT2D eigenvalue weighted by molar-refractivity contribution is -0.131. The highest BCUT2D eigenvalue weighted by Gasteiger charge is 2.47. The Balaban J connectivity index is 1.97. The van der Waals surface area contributed by atoms with Gasteiger partial charge in [0.15, 0.2) is 5.78 Å². The maximum atomic E-state index is 13.2. The molecule has 1 fully saturated rings. The Morgan fingerprint density at radius 2 is 1.86 bits per heavy atom. The van der Waals surface area contributed by atoms with Gasteiger partial charge in [0.25, 0.3) is 0 Å². The molecule has 0 aromatic heterocycles. The monoisotopic (exact) mass is 300 g/mol. The third kappa shape index (κ3) is 2.40. The highest BCUT2D eigenvalue weighted by atomic mass is 16.2. The summed E-state index contributed by atoms with van der Waals surface area (Å²) in [5, 5.41) is 3.34. The minimum Gasteiger partial charge on any atom is -0.381 e. The smallest absolute Gasteiger partial charge is 0.224 e. The Bertz CT molecular complexity index is 593. The average molecular weight is 300 g/mol. The van der Waals surface area contributed by atoms with Crippen LogP contribution in [-0.4, -0.2) is 23.8 Å². The van der Waals surface area contributed by atoms with Crippen LogP contribution in [-0.2, 0) is 9.59 Å². The summed E-state index contributed by atoms with van der Waals surface area (Å²) < 4.78 is 0. The van der Waals surface area contributed by atoms with Crippen molar-refractivity contribution in [1.82, 2.24) is 0 Å². The van der Waals surface area contributed by atoms with E-state index < -0.39 is 5.54 Å². The summed E-state index contributed by atoms with van der Waals surface area (Å²) in [6.45, 7) is 3.95. The van der Waals surface area contributed by atoms with E-state index in [0.29, 0.717) is 6.54 Å². The highest BCUT2D eigenvalue weighted by Crippen LogP contribution is 2.39. The summed E-state index contributed by atoms with van der Waals surface area (Å²) in [7, 11) is 0. The molecule has 1 saturated carbocycles. The number of nitrogens with zero attached hydrogens (tertiary/aromatic N) is 1. The van der Waals surface area contributed by atoms with Crippen LogP contribution in [0.1, 0.15) is 46.0 Å². The fraction of sp³-hybridized carbons (Fsp3) is 0.556. The third-order valence-corrected chi connectivity index (χ3v) is 5.08. The maximum absolute atomic E-state index is 13.2. The maximum Gasteiger partial charge on any atom is 0.224 e. The van der Waals surface area contributed by atoms with Gasteiger partial charge in [-0.15, -0.1) is 0 Å². The number of ketones is 1. The first kappa shape index (κ1) is 15.1. The molecule has 0 unspecified atom stereocenters. The molecule has 0 spiro atoms. The number of hydrogen-bond donors (Lipinski definition) is 1. The van der Waals surface area contributed by atoms with Crippen LogP contribution in [0.5, 0.6) is 0 Å². The Morgan fingerprint density at radius 1 is 1.18 bits per heavy atom. The van der Waals surface area contributed by atoms with Crippen LogP contribution in [0.2, 0.25) is 0 Å². The largest absolute Gasteiger partial charge is 0.381 e. The van der Waals surface area contributed by atoms with E-state index in [9.17, 15) is 9.59 Å². The molecule has 4 heteroatoms. The predicted octanol–water partition coefficient (Wildman–Crippen LogP) is 3.37. The number of fused-ring (bicyclic) bond motifs is 1. The van der Waals surface area contributed by atoms with Gasteiger partial charge < -0.3 is 5.32 Å². The van der Waals surface area contributed by atoms with Gasteiger partial charge in [-0.1, -0.05) is 31.4 Å². The van der Waals surface area contributed by atoms with E-state index in [1.54, 1.807) is 11.8 Å². The standard InChI is InChI=1S/C18H24N2O2/c1-13(21)20-16-11-7-6-10-15(16)19-12-18(20,2)17(22)14-8-4-3-5-9-14/h6-7,10-11,14,19H,3-5,8-9,12H2,1-2H3/t18-/m0/s1. The summed E-state index contributed by atoms with van der Waals surface area (Å²) in [4.78, 5) is 27.2. The fourth-order valence-electron chi connectivity index (χ4n) is 3.95. The van der Waals surface area contributed by atoms with Crippen molar-refractivity contribution in [2.45, 2.75) is 51.5 Å². The molecule has 0 bridgehead atoms. The molecule has 1 N–H and O–H groups in total. The van der Waals surface area contributed by atoms with Gasteiger partial charge in [0.1, 0.15) is 5.54 Å². The van der Waals surface area contributed by atoms with Gasteiger partial charge >= 0.3 is 0 Å². The van der Waals surface area contributed by atoms with Crippen molar-refractivity contribution in [2.75, 3.05) is 16.8 Å². The van der Waals surface area contributed by atoms with Gasteiger partial charge in [-0.05, 0) is 31.9 Å². The Labute approximate surface area is 131 Å². The summed E-state index contributed by atoms with van der Waals surface area (Å²) in [6, 6.07) is 7.72. The van der Waals surface area contributed by atoms with Gasteiger partial charge in [0.2, 0.25) is 5.91 Å². The molecule has 118 valence electrons. The molecule has 1 heterocycles. The molecule has 1 aromatic rings. The molecule has 2 aliphatic rings. The van der Waals surface area contributed by atoms with Crippen LogP contribution in [0.4, 0.5) is 11.4 Å². The lowest BCUT2D eigenvalue weighted by atomic mass is 9.77. The minimum atomic E-state index is -0.789. The lowest BCUT2D eigenvalue weighted by Gasteiger charge is -2.46. The van der Waals surface area contributed by atoms with E-state index in [-0.39, 0.29) is 17.6 Å². The predicted molar refractivity (Wildman–Crippen MR) is 88.1 cm³/mol. The first-order valence-corrected chi connectivity index (χ1v) is 8.22. The van der Waals surface area contributed by atoms with E-state index in [1.807, 2.05) is 31.2 Å². The number of amides is 1. The van der Waals surface area contributed by atoms with Crippen molar-refractivity contribution in [2.24, 2.45) is 5.92 Å². The number of rotatable bonds is 2. The Morgan fingerprint density at radius 3 is 2.55 bits per heavy atom. The van der Waals surface area contributed by atoms with Gasteiger partial charge in [0, 0.05) is 19.4 Å². The Kier molecular flexibility index (Phi) is 3.94. The quantitative estimate of drug-likeness (QED) is 0.911. The van der Waals surface area contributed by atoms with Crippen molar-refractivity contribution in [3.05, 3.63) is 24.3 Å². The molecule has 1 aliphatic carbocycles. The third-order valence-electron chi connectivity index (χ3n) is 5.08.